The highest BCUT2D eigenvalue weighted by molar-refractivity contribution is 7.22. The van der Waals surface area contributed by atoms with Gasteiger partial charge >= 0.3 is 0 Å². The van der Waals surface area contributed by atoms with Gasteiger partial charge in [0.15, 0.2) is 5.13 Å². The summed E-state index contributed by atoms with van der Waals surface area (Å²) < 4.78 is 29.3. The molecule has 4 rings (SSSR count). The topological polar surface area (TPSA) is 51.0 Å². The summed E-state index contributed by atoms with van der Waals surface area (Å²) in [7, 11) is 0. The van der Waals surface area contributed by atoms with Gasteiger partial charge in [-0.25, -0.2) is 18.7 Å². The summed E-state index contributed by atoms with van der Waals surface area (Å²) in [5, 5.41) is 0.531. The molecule has 0 unspecified atom stereocenters. The van der Waals surface area contributed by atoms with Crippen molar-refractivity contribution >= 4 is 45.0 Å². The van der Waals surface area contributed by atoms with Gasteiger partial charge in [-0.1, -0.05) is 23.5 Å². The Hall–Kier alpha value is -2.84. The molecule has 0 aliphatic carbocycles. The number of benzene rings is 2. The Labute approximate surface area is 182 Å². The minimum Gasteiger partial charge on any atom is -0.337 e. The van der Waals surface area contributed by atoms with E-state index in [2.05, 4.69) is 9.97 Å². The van der Waals surface area contributed by atoms with E-state index in [1.807, 2.05) is 10.8 Å². The van der Waals surface area contributed by atoms with Crippen LogP contribution < -0.4 is 4.90 Å². The third kappa shape index (κ3) is 5.20. The lowest BCUT2D eigenvalue weighted by molar-refractivity contribution is -0.118. The number of carbonyl (C=O) groups excluding carboxylic acids is 1. The molecule has 30 heavy (non-hydrogen) atoms. The maximum Gasteiger partial charge on any atom is 0.233 e. The maximum atomic E-state index is 13.5. The lowest BCUT2D eigenvalue weighted by atomic mass is 10.1. The average Bonchev–Trinajstić information content (AvgIpc) is 3.36. The molecule has 9 heteroatoms. The van der Waals surface area contributed by atoms with E-state index in [1.54, 1.807) is 35.6 Å². The predicted molar refractivity (Wildman–Crippen MR) is 116 cm³/mol. The molecule has 4 aromatic rings. The summed E-state index contributed by atoms with van der Waals surface area (Å²) in [6.07, 6.45) is 6.14. The number of imidazole rings is 1. The molecule has 0 bridgehead atoms. The van der Waals surface area contributed by atoms with E-state index >= 15 is 0 Å². The molecule has 0 N–H and O–H groups in total. The molecular weight excluding hydrogens is 430 g/mol. The van der Waals surface area contributed by atoms with Crippen LogP contribution in [0.4, 0.5) is 13.9 Å². The normalized spacial score (nSPS) is 10.7. The molecule has 0 aliphatic heterocycles. The zero-order valence-electron chi connectivity index (χ0n) is 15.9. The first kappa shape index (κ1) is 21.9. The molecule has 156 valence electrons. The summed E-state index contributed by atoms with van der Waals surface area (Å²) in [5.41, 5.74) is 1.38. The Morgan fingerprint density at radius 1 is 1.10 bits per heavy atom. The fraction of sp³-hybridized carbons (Fsp3) is 0.190. The van der Waals surface area contributed by atoms with Crippen molar-refractivity contribution in [3.63, 3.8) is 0 Å². The van der Waals surface area contributed by atoms with E-state index in [0.29, 0.717) is 34.9 Å². The Kier molecular flexibility index (Phi) is 7.12. The number of halogens is 3. The number of hydrogen-bond acceptors (Lipinski definition) is 4. The molecule has 5 nitrogen and oxygen atoms in total. The van der Waals surface area contributed by atoms with Crippen molar-refractivity contribution < 1.29 is 13.6 Å². The molecular formula is C21H19ClF2N4OS. The number of carbonyl (C=O) groups is 1. The Morgan fingerprint density at radius 2 is 1.87 bits per heavy atom. The van der Waals surface area contributed by atoms with Crippen molar-refractivity contribution in [3.8, 4) is 0 Å². The molecule has 0 saturated carbocycles. The quantitative estimate of drug-likeness (QED) is 0.405. The maximum absolute atomic E-state index is 13.5. The highest BCUT2D eigenvalue weighted by Crippen LogP contribution is 2.30. The van der Waals surface area contributed by atoms with Gasteiger partial charge in [-0.15, -0.1) is 12.4 Å². The van der Waals surface area contributed by atoms with Crippen LogP contribution in [0, 0.1) is 11.6 Å². The second-order valence-electron chi connectivity index (χ2n) is 6.61. The minimum absolute atomic E-state index is 0. The first-order chi connectivity index (χ1) is 14.1. The van der Waals surface area contributed by atoms with E-state index in [1.165, 1.54) is 35.6 Å². The SMILES string of the molecule is Cl.O=C(Cc1ccc(F)cc1)N(CCCn1ccnc1)c1nc2ccc(F)cc2s1. The van der Waals surface area contributed by atoms with Crippen LogP contribution in [0.15, 0.2) is 61.2 Å². The highest BCUT2D eigenvalue weighted by atomic mass is 35.5. The van der Waals surface area contributed by atoms with Crippen molar-refractivity contribution in [2.24, 2.45) is 0 Å². The highest BCUT2D eigenvalue weighted by Gasteiger charge is 2.20. The molecule has 0 atom stereocenters. The third-order valence-electron chi connectivity index (χ3n) is 4.50. The van der Waals surface area contributed by atoms with Crippen molar-refractivity contribution in [3.05, 3.63) is 78.4 Å². The number of anilines is 1. The second kappa shape index (κ2) is 9.77. The number of hydrogen-bond donors (Lipinski definition) is 0. The number of thiazole rings is 1. The van der Waals surface area contributed by atoms with Crippen LogP contribution in [-0.4, -0.2) is 27.0 Å². The summed E-state index contributed by atoms with van der Waals surface area (Å²) >= 11 is 1.28. The van der Waals surface area contributed by atoms with Crippen LogP contribution in [0.5, 0.6) is 0 Å². The molecule has 2 aromatic carbocycles. The van der Waals surface area contributed by atoms with Gasteiger partial charge in [0.25, 0.3) is 0 Å². The summed E-state index contributed by atoms with van der Waals surface area (Å²) in [6.45, 7) is 1.17. The molecule has 0 spiro atoms. The Balaban J connectivity index is 0.00000256. The van der Waals surface area contributed by atoms with Gasteiger partial charge in [-0.2, -0.15) is 0 Å². The second-order valence-corrected chi connectivity index (χ2v) is 7.62. The van der Waals surface area contributed by atoms with Crippen LogP contribution in [-0.2, 0) is 17.8 Å². The number of aromatic nitrogens is 3. The number of amides is 1. The summed E-state index contributed by atoms with van der Waals surface area (Å²) in [4.78, 5) is 23.2. The van der Waals surface area contributed by atoms with Gasteiger partial charge < -0.3 is 4.57 Å². The van der Waals surface area contributed by atoms with Crippen LogP contribution in [0.25, 0.3) is 10.2 Å². The molecule has 0 saturated heterocycles. The first-order valence-corrected chi connectivity index (χ1v) is 9.97. The Morgan fingerprint density at radius 3 is 2.60 bits per heavy atom. The van der Waals surface area contributed by atoms with Crippen LogP contribution in [0.2, 0.25) is 0 Å². The average molecular weight is 449 g/mol. The van der Waals surface area contributed by atoms with Crippen LogP contribution in [0.3, 0.4) is 0 Å². The molecule has 1 amide bonds. The fourth-order valence-corrected chi connectivity index (χ4v) is 4.07. The number of fused-ring (bicyclic) bond motifs is 1. The predicted octanol–water partition coefficient (Wildman–Crippen LogP) is 4.86. The lowest BCUT2D eigenvalue weighted by Gasteiger charge is -2.20. The van der Waals surface area contributed by atoms with Crippen molar-refractivity contribution in [1.82, 2.24) is 14.5 Å². The zero-order valence-corrected chi connectivity index (χ0v) is 17.5. The van der Waals surface area contributed by atoms with Gasteiger partial charge in [0.05, 0.1) is 23.0 Å². The zero-order chi connectivity index (χ0) is 20.2. The smallest absolute Gasteiger partial charge is 0.233 e. The summed E-state index contributed by atoms with van der Waals surface area (Å²) in [5.74, 6) is -0.814. The fourth-order valence-electron chi connectivity index (χ4n) is 3.03. The van der Waals surface area contributed by atoms with Crippen molar-refractivity contribution in [2.75, 3.05) is 11.4 Å². The first-order valence-electron chi connectivity index (χ1n) is 9.15. The van der Waals surface area contributed by atoms with Crippen molar-refractivity contribution in [1.29, 1.82) is 0 Å². The van der Waals surface area contributed by atoms with Crippen LogP contribution in [0.1, 0.15) is 12.0 Å². The standard InChI is InChI=1S/C21H18F2N4OS.ClH/c22-16-4-2-15(3-5-16)12-20(28)27(10-1-9-26-11-8-24-14-26)21-25-18-7-6-17(23)13-19(18)29-21;/h2-8,11,13-14H,1,9-10,12H2;1H. The molecule has 2 aromatic heterocycles. The van der Waals surface area contributed by atoms with Gasteiger partial charge in [0, 0.05) is 25.5 Å². The van der Waals surface area contributed by atoms with Crippen LogP contribution >= 0.6 is 23.7 Å². The van der Waals surface area contributed by atoms with Gasteiger partial charge in [-0.3, -0.25) is 9.69 Å². The lowest BCUT2D eigenvalue weighted by Crippen LogP contribution is -2.33. The van der Waals surface area contributed by atoms with Gasteiger partial charge in [-0.05, 0) is 42.3 Å². The molecule has 2 heterocycles. The van der Waals surface area contributed by atoms with E-state index in [0.717, 1.165) is 5.56 Å². The van der Waals surface area contributed by atoms with E-state index < -0.39 is 0 Å². The Bertz CT molecular complexity index is 1120. The van der Waals surface area contributed by atoms with E-state index in [9.17, 15) is 13.6 Å². The van der Waals surface area contributed by atoms with E-state index in [4.69, 9.17) is 0 Å². The largest absolute Gasteiger partial charge is 0.337 e. The minimum atomic E-state index is -0.341. The number of nitrogens with zero attached hydrogens (tertiary/aromatic N) is 4. The van der Waals surface area contributed by atoms with Gasteiger partial charge in [0.2, 0.25) is 5.91 Å². The number of aryl methyl sites for hydroxylation is 1. The summed E-state index contributed by atoms with van der Waals surface area (Å²) in [6, 6.07) is 10.3. The molecule has 0 fully saturated rings. The van der Waals surface area contributed by atoms with Crippen molar-refractivity contribution in [2.45, 2.75) is 19.4 Å². The molecule has 0 radical (unpaired) electrons. The monoisotopic (exact) mass is 448 g/mol. The van der Waals surface area contributed by atoms with Gasteiger partial charge in [0.1, 0.15) is 11.6 Å². The third-order valence-corrected chi connectivity index (χ3v) is 5.54. The van der Waals surface area contributed by atoms with E-state index in [-0.39, 0.29) is 36.4 Å². The molecule has 0 aliphatic rings. The number of rotatable bonds is 7.